The van der Waals surface area contributed by atoms with Gasteiger partial charge in [-0.05, 0) is 24.5 Å². The second-order valence-electron chi connectivity index (χ2n) is 5.47. The van der Waals surface area contributed by atoms with E-state index in [2.05, 4.69) is 10.3 Å². The average molecular weight is 285 g/mol. The van der Waals surface area contributed by atoms with Gasteiger partial charge in [-0.3, -0.25) is 14.6 Å². The molecule has 1 heterocycles. The summed E-state index contributed by atoms with van der Waals surface area (Å²) in [5.74, 6) is -0.596. The van der Waals surface area contributed by atoms with E-state index in [-0.39, 0.29) is 11.8 Å². The van der Waals surface area contributed by atoms with Crippen LogP contribution in [0.15, 0.2) is 36.5 Å². The molecule has 0 radical (unpaired) electrons. The molecular formula is C16H19N3O2. The maximum Gasteiger partial charge on any atom is 0.253 e. The van der Waals surface area contributed by atoms with Gasteiger partial charge in [-0.15, -0.1) is 0 Å². The Morgan fingerprint density at radius 1 is 1.29 bits per heavy atom. The van der Waals surface area contributed by atoms with Crippen molar-refractivity contribution in [2.75, 3.05) is 0 Å². The molecule has 2 amide bonds. The molecule has 1 atom stereocenters. The SMILES string of the molecule is CC(C)C[C@@H](NC(=O)c1cnc2ccccc2c1)C(N)=O. The molecule has 0 fully saturated rings. The normalized spacial score (nSPS) is 12.3. The number of rotatable bonds is 5. The lowest BCUT2D eigenvalue weighted by molar-refractivity contribution is -0.120. The molecule has 5 heteroatoms. The molecule has 0 saturated heterocycles. The van der Waals surface area contributed by atoms with Crippen LogP contribution >= 0.6 is 0 Å². The van der Waals surface area contributed by atoms with Crippen LogP contribution in [0.5, 0.6) is 0 Å². The zero-order chi connectivity index (χ0) is 15.4. The molecular weight excluding hydrogens is 266 g/mol. The highest BCUT2D eigenvalue weighted by atomic mass is 16.2. The smallest absolute Gasteiger partial charge is 0.253 e. The first-order chi connectivity index (χ1) is 9.97. The number of hydrogen-bond acceptors (Lipinski definition) is 3. The van der Waals surface area contributed by atoms with E-state index < -0.39 is 11.9 Å². The van der Waals surface area contributed by atoms with E-state index >= 15 is 0 Å². The predicted octanol–water partition coefficient (Wildman–Crippen LogP) is 1.86. The number of nitrogens with one attached hydrogen (secondary N) is 1. The van der Waals surface area contributed by atoms with Crippen molar-refractivity contribution in [3.63, 3.8) is 0 Å². The lowest BCUT2D eigenvalue weighted by atomic mass is 10.0. The van der Waals surface area contributed by atoms with Gasteiger partial charge in [0.15, 0.2) is 0 Å². The number of primary amides is 1. The van der Waals surface area contributed by atoms with Crippen molar-refractivity contribution in [2.45, 2.75) is 26.3 Å². The zero-order valence-electron chi connectivity index (χ0n) is 12.2. The highest BCUT2D eigenvalue weighted by molar-refractivity contribution is 5.99. The van der Waals surface area contributed by atoms with Crippen molar-refractivity contribution in [3.8, 4) is 0 Å². The Kier molecular flexibility index (Phi) is 4.52. The van der Waals surface area contributed by atoms with E-state index in [1.807, 2.05) is 38.1 Å². The van der Waals surface area contributed by atoms with Crippen LogP contribution in [0.25, 0.3) is 10.9 Å². The van der Waals surface area contributed by atoms with Crippen LogP contribution in [0.4, 0.5) is 0 Å². The number of nitrogens with zero attached hydrogens (tertiary/aromatic N) is 1. The van der Waals surface area contributed by atoms with Crippen LogP contribution in [0.2, 0.25) is 0 Å². The molecule has 0 aliphatic rings. The van der Waals surface area contributed by atoms with Crippen molar-refractivity contribution in [2.24, 2.45) is 11.7 Å². The Morgan fingerprint density at radius 3 is 2.67 bits per heavy atom. The number of carbonyl (C=O) groups is 2. The molecule has 0 unspecified atom stereocenters. The number of pyridine rings is 1. The second-order valence-corrected chi connectivity index (χ2v) is 5.47. The van der Waals surface area contributed by atoms with Crippen molar-refractivity contribution < 1.29 is 9.59 Å². The van der Waals surface area contributed by atoms with Gasteiger partial charge >= 0.3 is 0 Å². The first kappa shape index (κ1) is 15.0. The number of nitrogens with two attached hydrogens (primary N) is 1. The lowest BCUT2D eigenvalue weighted by Crippen LogP contribution is -2.45. The summed E-state index contributed by atoms with van der Waals surface area (Å²) >= 11 is 0. The maximum atomic E-state index is 12.2. The molecule has 0 spiro atoms. The first-order valence-corrected chi connectivity index (χ1v) is 6.92. The van der Waals surface area contributed by atoms with Gasteiger partial charge in [0.25, 0.3) is 5.91 Å². The van der Waals surface area contributed by atoms with E-state index in [1.165, 1.54) is 6.20 Å². The highest BCUT2D eigenvalue weighted by Crippen LogP contribution is 2.13. The Hall–Kier alpha value is -2.43. The van der Waals surface area contributed by atoms with Gasteiger partial charge in [0.1, 0.15) is 6.04 Å². The standard InChI is InChI=1S/C16H19N3O2/c1-10(2)7-14(15(17)20)19-16(21)12-8-11-5-3-4-6-13(11)18-9-12/h3-6,8-10,14H,7H2,1-2H3,(H2,17,20)(H,19,21)/t14-/m1/s1. The molecule has 0 aliphatic carbocycles. The Bertz CT molecular complexity index is 667. The summed E-state index contributed by atoms with van der Waals surface area (Å²) in [5.41, 5.74) is 6.57. The zero-order valence-corrected chi connectivity index (χ0v) is 12.2. The van der Waals surface area contributed by atoms with Crippen LogP contribution in [-0.2, 0) is 4.79 Å². The Balaban J connectivity index is 2.19. The molecule has 0 bridgehead atoms. The van der Waals surface area contributed by atoms with E-state index in [0.717, 1.165) is 10.9 Å². The van der Waals surface area contributed by atoms with Crippen LogP contribution < -0.4 is 11.1 Å². The summed E-state index contributed by atoms with van der Waals surface area (Å²) in [6.07, 6.45) is 2.02. The van der Waals surface area contributed by atoms with Crippen molar-refractivity contribution in [1.29, 1.82) is 0 Å². The summed E-state index contributed by atoms with van der Waals surface area (Å²) in [6, 6.07) is 8.63. The summed E-state index contributed by atoms with van der Waals surface area (Å²) in [4.78, 5) is 27.9. The van der Waals surface area contributed by atoms with Gasteiger partial charge in [-0.2, -0.15) is 0 Å². The quantitative estimate of drug-likeness (QED) is 0.879. The van der Waals surface area contributed by atoms with Gasteiger partial charge in [0, 0.05) is 11.6 Å². The van der Waals surface area contributed by atoms with E-state index in [4.69, 9.17) is 5.73 Å². The third-order valence-corrected chi connectivity index (χ3v) is 3.21. The molecule has 1 aromatic carbocycles. The number of amides is 2. The van der Waals surface area contributed by atoms with E-state index in [0.29, 0.717) is 12.0 Å². The molecule has 5 nitrogen and oxygen atoms in total. The summed E-state index contributed by atoms with van der Waals surface area (Å²) in [6.45, 7) is 3.94. The molecule has 2 aromatic rings. The molecule has 21 heavy (non-hydrogen) atoms. The predicted molar refractivity (Wildman–Crippen MR) is 81.6 cm³/mol. The minimum Gasteiger partial charge on any atom is -0.368 e. The number of carbonyl (C=O) groups excluding carboxylic acids is 2. The largest absolute Gasteiger partial charge is 0.368 e. The lowest BCUT2D eigenvalue weighted by Gasteiger charge is -2.17. The average Bonchev–Trinajstić information content (AvgIpc) is 2.45. The number of aromatic nitrogens is 1. The highest BCUT2D eigenvalue weighted by Gasteiger charge is 2.20. The number of fused-ring (bicyclic) bond motifs is 1. The second kappa shape index (κ2) is 6.35. The minimum absolute atomic E-state index is 0.262. The van der Waals surface area contributed by atoms with Gasteiger partial charge in [0.2, 0.25) is 5.91 Å². The fourth-order valence-corrected chi connectivity index (χ4v) is 2.15. The Morgan fingerprint density at radius 2 is 2.00 bits per heavy atom. The molecule has 2 rings (SSSR count). The summed E-state index contributed by atoms with van der Waals surface area (Å²) in [7, 11) is 0. The fraction of sp³-hybridized carbons (Fsp3) is 0.312. The van der Waals surface area contributed by atoms with Gasteiger partial charge in [0.05, 0.1) is 11.1 Å². The van der Waals surface area contributed by atoms with E-state index in [1.54, 1.807) is 6.07 Å². The van der Waals surface area contributed by atoms with Gasteiger partial charge in [-0.1, -0.05) is 32.0 Å². The molecule has 0 aliphatic heterocycles. The summed E-state index contributed by atoms with van der Waals surface area (Å²) < 4.78 is 0. The number of hydrogen-bond donors (Lipinski definition) is 2. The Labute approximate surface area is 123 Å². The van der Waals surface area contributed by atoms with Gasteiger partial charge in [-0.25, -0.2) is 0 Å². The van der Waals surface area contributed by atoms with Crippen molar-refractivity contribution in [1.82, 2.24) is 10.3 Å². The third-order valence-electron chi connectivity index (χ3n) is 3.21. The third kappa shape index (κ3) is 3.78. The molecule has 0 saturated carbocycles. The topological polar surface area (TPSA) is 85.1 Å². The van der Waals surface area contributed by atoms with Crippen molar-refractivity contribution >= 4 is 22.7 Å². The van der Waals surface area contributed by atoms with Crippen LogP contribution in [-0.4, -0.2) is 22.8 Å². The van der Waals surface area contributed by atoms with Crippen molar-refractivity contribution in [3.05, 3.63) is 42.1 Å². The summed E-state index contributed by atoms with van der Waals surface area (Å²) in [5, 5.41) is 3.55. The number of para-hydroxylation sites is 1. The minimum atomic E-state index is -0.663. The molecule has 110 valence electrons. The number of benzene rings is 1. The molecule has 3 N–H and O–H groups in total. The maximum absolute atomic E-state index is 12.2. The molecule has 1 aromatic heterocycles. The fourth-order valence-electron chi connectivity index (χ4n) is 2.15. The first-order valence-electron chi connectivity index (χ1n) is 6.92. The van der Waals surface area contributed by atoms with Crippen LogP contribution in [0.3, 0.4) is 0 Å². The monoisotopic (exact) mass is 285 g/mol. The van der Waals surface area contributed by atoms with Crippen LogP contribution in [0, 0.1) is 5.92 Å². The van der Waals surface area contributed by atoms with Gasteiger partial charge < -0.3 is 11.1 Å². The van der Waals surface area contributed by atoms with E-state index in [9.17, 15) is 9.59 Å². The van der Waals surface area contributed by atoms with Crippen LogP contribution in [0.1, 0.15) is 30.6 Å².